The van der Waals surface area contributed by atoms with E-state index in [1.165, 1.54) is 22.7 Å². The molecule has 3 amide bonds. The number of hydrogen-bond acceptors (Lipinski definition) is 7. The third-order valence-electron chi connectivity index (χ3n) is 7.41. The molecule has 0 saturated carbocycles. The summed E-state index contributed by atoms with van der Waals surface area (Å²) in [6, 6.07) is 2.03. The Morgan fingerprint density at radius 3 is 2.74 bits per heavy atom. The highest BCUT2D eigenvalue weighted by Gasteiger charge is 2.41. The Hall–Kier alpha value is -3.31. The van der Waals surface area contributed by atoms with Gasteiger partial charge in [0.2, 0.25) is 11.8 Å². The van der Waals surface area contributed by atoms with Crippen LogP contribution in [0, 0.1) is 5.82 Å². The molecule has 5 heterocycles. The smallest absolute Gasteiger partial charge is 0.255 e. The highest BCUT2D eigenvalue weighted by atomic mass is 19.1. The van der Waals surface area contributed by atoms with Crippen molar-refractivity contribution in [1.29, 1.82) is 0 Å². The third kappa shape index (κ3) is 3.98. The minimum Gasteiger partial charge on any atom is -0.372 e. The Morgan fingerprint density at radius 2 is 1.94 bits per heavy atom. The van der Waals surface area contributed by atoms with Crippen molar-refractivity contribution in [2.24, 2.45) is 0 Å². The van der Waals surface area contributed by atoms with Gasteiger partial charge in [0.15, 0.2) is 0 Å². The second kappa shape index (κ2) is 8.72. The van der Waals surface area contributed by atoms with Gasteiger partial charge in [-0.25, -0.2) is 9.37 Å². The summed E-state index contributed by atoms with van der Waals surface area (Å²) in [6.07, 6.45) is 2.39. The van der Waals surface area contributed by atoms with Crippen molar-refractivity contribution in [2.75, 3.05) is 37.7 Å². The third-order valence-corrected chi connectivity index (χ3v) is 7.41. The van der Waals surface area contributed by atoms with Gasteiger partial charge in [-0.2, -0.15) is 0 Å². The molecule has 11 heteroatoms. The van der Waals surface area contributed by atoms with Crippen molar-refractivity contribution >= 4 is 23.4 Å². The summed E-state index contributed by atoms with van der Waals surface area (Å²) in [7, 11) is 0. The number of piperidine rings is 1. The van der Waals surface area contributed by atoms with Crippen molar-refractivity contribution in [3.8, 4) is 0 Å². The molecule has 1 aromatic carbocycles. The number of piperazine rings is 1. The first kappa shape index (κ1) is 22.2. The number of halogens is 1. The topological polar surface area (TPSA) is 100 Å². The van der Waals surface area contributed by atoms with Crippen LogP contribution in [0.3, 0.4) is 0 Å². The van der Waals surface area contributed by atoms with E-state index in [9.17, 15) is 18.8 Å². The van der Waals surface area contributed by atoms with E-state index in [1.807, 2.05) is 6.20 Å². The van der Waals surface area contributed by atoms with E-state index in [1.54, 1.807) is 0 Å². The standard InChI is InChI=1S/C24H27FN6O4/c25-15-9-17-18(13-31(24(17)34)19-1-2-22(32)27-23(19)33)20(10-15)29-5-3-28(4-6-29)12-16-11-26-21-14-35-8-7-30(16)21/h9-11,19H,1-8,12-14H2,(H,27,32,33). The predicted octanol–water partition coefficient (Wildman–Crippen LogP) is 0.636. The molecule has 1 N–H and O–H groups in total. The molecule has 2 saturated heterocycles. The minimum atomic E-state index is -0.715. The molecule has 1 atom stereocenters. The number of rotatable bonds is 4. The van der Waals surface area contributed by atoms with Gasteiger partial charge in [0.25, 0.3) is 5.91 Å². The molecule has 10 nitrogen and oxygen atoms in total. The van der Waals surface area contributed by atoms with Gasteiger partial charge in [-0.15, -0.1) is 0 Å². The van der Waals surface area contributed by atoms with Gasteiger partial charge in [0, 0.05) is 75.2 Å². The first-order valence-corrected chi connectivity index (χ1v) is 12.0. The Balaban J connectivity index is 1.16. The summed E-state index contributed by atoms with van der Waals surface area (Å²) in [5.41, 5.74) is 2.94. The molecule has 0 radical (unpaired) electrons. The normalized spacial score (nSPS) is 22.9. The van der Waals surface area contributed by atoms with Gasteiger partial charge >= 0.3 is 0 Å². The lowest BCUT2D eigenvalue weighted by atomic mass is 10.0. The monoisotopic (exact) mass is 482 g/mol. The Morgan fingerprint density at radius 1 is 1.11 bits per heavy atom. The van der Waals surface area contributed by atoms with Crippen molar-refractivity contribution in [2.45, 2.75) is 45.1 Å². The zero-order chi connectivity index (χ0) is 24.1. The summed E-state index contributed by atoms with van der Waals surface area (Å²) < 4.78 is 22.3. The largest absolute Gasteiger partial charge is 0.372 e. The summed E-state index contributed by atoms with van der Waals surface area (Å²) in [6.45, 7) is 6.10. The van der Waals surface area contributed by atoms with Crippen LogP contribution in [0.5, 0.6) is 0 Å². The van der Waals surface area contributed by atoms with E-state index in [2.05, 4.69) is 24.7 Å². The summed E-state index contributed by atoms with van der Waals surface area (Å²) in [4.78, 5) is 47.4. The molecule has 2 fully saturated rings. The Labute approximate surface area is 201 Å². The summed E-state index contributed by atoms with van der Waals surface area (Å²) in [5.74, 6) is -0.655. The van der Waals surface area contributed by atoms with E-state index >= 15 is 0 Å². The lowest BCUT2D eigenvalue weighted by molar-refractivity contribution is -0.136. The number of hydrogen-bond donors (Lipinski definition) is 1. The molecule has 0 bridgehead atoms. The van der Waals surface area contributed by atoms with Crippen LogP contribution in [0.4, 0.5) is 10.1 Å². The van der Waals surface area contributed by atoms with Gasteiger partial charge in [0.1, 0.15) is 24.3 Å². The lowest BCUT2D eigenvalue weighted by Gasteiger charge is -2.37. The summed E-state index contributed by atoms with van der Waals surface area (Å²) >= 11 is 0. The first-order chi connectivity index (χ1) is 17.0. The summed E-state index contributed by atoms with van der Waals surface area (Å²) in [5, 5.41) is 2.31. The number of nitrogens with one attached hydrogen (secondary N) is 1. The number of amides is 3. The van der Waals surface area contributed by atoms with E-state index in [-0.39, 0.29) is 31.2 Å². The number of benzene rings is 1. The van der Waals surface area contributed by atoms with E-state index < -0.39 is 17.8 Å². The zero-order valence-corrected chi connectivity index (χ0v) is 19.3. The van der Waals surface area contributed by atoms with Crippen LogP contribution >= 0.6 is 0 Å². The zero-order valence-electron chi connectivity index (χ0n) is 19.3. The second-order valence-corrected chi connectivity index (χ2v) is 9.48. The molecule has 0 spiro atoms. The van der Waals surface area contributed by atoms with Gasteiger partial charge < -0.3 is 19.1 Å². The maximum Gasteiger partial charge on any atom is 0.255 e. The molecular weight excluding hydrogens is 455 g/mol. The number of fused-ring (bicyclic) bond motifs is 2. The molecule has 184 valence electrons. The molecule has 4 aliphatic heterocycles. The first-order valence-electron chi connectivity index (χ1n) is 12.0. The van der Waals surface area contributed by atoms with Gasteiger partial charge in [0.05, 0.1) is 12.3 Å². The van der Waals surface area contributed by atoms with Crippen LogP contribution in [0.1, 0.15) is 40.3 Å². The number of nitrogens with zero attached hydrogens (tertiary/aromatic N) is 5. The van der Waals surface area contributed by atoms with E-state index in [0.29, 0.717) is 37.6 Å². The van der Waals surface area contributed by atoms with Gasteiger partial charge in [-0.1, -0.05) is 0 Å². The number of aromatic nitrogens is 2. The van der Waals surface area contributed by atoms with Crippen molar-refractivity contribution in [1.82, 2.24) is 24.7 Å². The predicted molar refractivity (Wildman–Crippen MR) is 122 cm³/mol. The maximum absolute atomic E-state index is 14.6. The number of ether oxygens (including phenoxy) is 1. The highest BCUT2D eigenvalue weighted by Crippen LogP contribution is 2.35. The van der Waals surface area contributed by atoms with Gasteiger partial charge in [-0.05, 0) is 18.6 Å². The number of carbonyl (C=O) groups excluding carboxylic acids is 3. The van der Waals surface area contributed by atoms with Crippen LogP contribution in [0.25, 0.3) is 0 Å². The number of imide groups is 1. The number of anilines is 1. The van der Waals surface area contributed by atoms with E-state index in [0.717, 1.165) is 37.6 Å². The van der Waals surface area contributed by atoms with Crippen molar-refractivity contribution in [3.63, 3.8) is 0 Å². The molecule has 2 aromatic rings. The van der Waals surface area contributed by atoms with Gasteiger partial charge in [-0.3, -0.25) is 24.6 Å². The molecule has 0 aliphatic carbocycles. The average Bonchev–Trinajstić information content (AvgIpc) is 3.40. The SMILES string of the molecule is O=C1CCC(N2Cc3c(cc(F)cc3N3CCN(Cc4cnc5n4CCOC5)CC3)C2=O)C(=O)N1. The molecular formula is C24H27FN6O4. The molecule has 1 unspecified atom stereocenters. The number of carbonyl (C=O) groups is 3. The Bertz CT molecular complexity index is 1200. The van der Waals surface area contributed by atoms with Crippen LogP contribution in [0.2, 0.25) is 0 Å². The maximum atomic E-state index is 14.6. The average molecular weight is 483 g/mol. The van der Waals surface area contributed by atoms with Crippen LogP contribution in [-0.2, 0) is 40.6 Å². The fraction of sp³-hybridized carbons (Fsp3) is 0.500. The van der Waals surface area contributed by atoms with Crippen LogP contribution < -0.4 is 10.2 Å². The highest BCUT2D eigenvalue weighted by molar-refractivity contribution is 6.06. The molecule has 4 aliphatic rings. The minimum absolute atomic E-state index is 0.188. The quantitative estimate of drug-likeness (QED) is 0.639. The van der Waals surface area contributed by atoms with Crippen molar-refractivity contribution in [3.05, 3.63) is 46.8 Å². The fourth-order valence-electron chi connectivity index (χ4n) is 5.55. The van der Waals surface area contributed by atoms with Crippen LogP contribution in [-0.4, -0.2) is 75.9 Å². The molecule has 1 aromatic heterocycles. The number of imidazole rings is 1. The van der Waals surface area contributed by atoms with E-state index in [4.69, 9.17) is 4.74 Å². The van der Waals surface area contributed by atoms with Crippen molar-refractivity contribution < 1.29 is 23.5 Å². The second-order valence-electron chi connectivity index (χ2n) is 9.48. The molecule has 6 rings (SSSR count). The Kier molecular flexibility index (Phi) is 5.53. The molecule has 35 heavy (non-hydrogen) atoms. The van der Waals surface area contributed by atoms with Crippen LogP contribution in [0.15, 0.2) is 18.3 Å². The fourth-order valence-corrected chi connectivity index (χ4v) is 5.55. The lowest BCUT2D eigenvalue weighted by Crippen LogP contribution is -2.52.